The van der Waals surface area contributed by atoms with Gasteiger partial charge in [-0.15, -0.1) is 0 Å². The molecule has 6 heteroatoms. The van der Waals surface area contributed by atoms with Gasteiger partial charge in [-0.2, -0.15) is 0 Å². The standard InChI is InChI=1S/C21H38O6/c1-3-5-6-10-16(27-26)12-13-17-18(22)14-19(23)21(17)15(8-4-2)9-7-11-20(24)25/h12-13,15-19,21-23,26H,3-11,14H2,1-2H3,(H,24,25)/b13-12+/t15?,16?,17-,18+,19-,21+/m0/s1. The Morgan fingerprint density at radius 3 is 2.41 bits per heavy atom. The van der Waals surface area contributed by atoms with Crippen LogP contribution in [0.1, 0.15) is 78.1 Å². The Hall–Kier alpha value is -0.950. The number of unbranched alkanes of at least 4 members (excludes halogenated alkanes) is 2. The second kappa shape index (κ2) is 13.3. The van der Waals surface area contributed by atoms with Gasteiger partial charge in [-0.25, -0.2) is 4.89 Å². The van der Waals surface area contributed by atoms with Gasteiger partial charge in [-0.3, -0.25) is 10.1 Å². The minimum atomic E-state index is -0.802. The quantitative estimate of drug-likeness (QED) is 0.155. The molecule has 1 aliphatic rings. The maximum Gasteiger partial charge on any atom is 0.303 e. The summed E-state index contributed by atoms with van der Waals surface area (Å²) in [6.07, 6.45) is 9.52. The summed E-state index contributed by atoms with van der Waals surface area (Å²) in [5, 5.41) is 39.0. The molecule has 6 nitrogen and oxygen atoms in total. The summed E-state index contributed by atoms with van der Waals surface area (Å²) in [4.78, 5) is 15.4. The molecule has 0 aromatic heterocycles. The van der Waals surface area contributed by atoms with Crippen LogP contribution < -0.4 is 0 Å². The predicted molar refractivity (Wildman–Crippen MR) is 104 cm³/mol. The normalized spacial score (nSPS) is 27.9. The van der Waals surface area contributed by atoms with Crippen molar-refractivity contribution in [2.75, 3.05) is 0 Å². The van der Waals surface area contributed by atoms with Gasteiger partial charge in [0.2, 0.25) is 0 Å². The lowest BCUT2D eigenvalue weighted by Crippen LogP contribution is -2.29. The third-order valence-corrected chi connectivity index (χ3v) is 5.76. The Kier molecular flexibility index (Phi) is 11.8. The van der Waals surface area contributed by atoms with E-state index >= 15 is 0 Å². The van der Waals surface area contributed by atoms with Crippen molar-refractivity contribution in [1.29, 1.82) is 0 Å². The maximum atomic E-state index is 10.8. The van der Waals surface area contributed by atoms with Crippen LogP contribution in [0.15, 0.2) is 12.2 Å². The summed E-state index contributed by atoms with van der Waals surface area (Å²) >= 11 is 0. The SMILES string of the molecule is CCCCCC(/C=C/[C@@H]1[C@@H](C(CCC)CCCC(=O)O)[C@@H](O)C[C@H]1O)OO. The zero-order valence-corrected chi connectivity index (χ0v) is 16.8. The van der Waals surface area contributed by atoms with Gasteiger partial charge in [-0.05, 0) is 31.1 Å². The number of aliphatic carboxylic acids is 1. The van der Waals surface area contributed by atoms with Crippen LogP contribution in [-0.2, 0) is 9.68 Å². The smallest absolute Gasteiger partial charge is 0.303 e. The van der Waals surface area contributed by atoms with Crippen molar-refractivity contribution in [1.82, 2.24) is 0 Å². The summed E-state index contributed by atoms with van der Waals surface area (Å²) in [7, 11) is 0. The van der Waals surface area contributed by atoms with Gasteiger partial charge in [0.05, 0.1) is 12.2 Å². The van der Waals surface area contributed by atoms with Crippen LogP contribution in [-0.4, -0.2) is 44.9 Å². The van der Waals surface area contributed by atoms with Gasteiger partial charge >= 0.3 is 5.97 Å². The first-order valence-electron chi connectivity index (χ1n) is 10.5. The number of carboxylic acids is 1. The van der Waals surface area contributed by atoms with Gasteiger partial charge in [-0.1, -0.05) is 58.1 Å². The molecule has 0 aromatic carbocycles. The Morgan fingerprint density at radius 1 is 1.07 bits per heavy atom. The molecule has 1 aliphatic carbocycles. The molecule has 4 N–H and O–H groups in total. The first-order valence-corrected chi connectivity index (χ1v) is 10.5. The van der Waals surface area contributed by atoms with Crippen LogP contribution in [0.2, 0.25) is 0 Å². The third-order valence-electron chi connectivity index (χ3n) is 5.76. The number of aliphatic hydroxyl groups excluding tert-OH is 2. The zero-order chi connectivity index (χ0) is 20.2. The molecule has 0 aliphatic heterocycles. The lowest BCUT2D eigenvalue weighted by Gasteiger charge is -2.30. The van der Waals surface area contributed by atoms with Crippen LogP contribution in [0.3, 0.4) is 0 Å². The van der Waals surface area contributed by atoms with E-state index in [1.165, 1.54) is 0 Å². The maximum absolute atomic E-state index is 10.8. The van der Waals surface area contributed by atoms with Gasteiger partial charge in [0, 0.05) is 18.8 Å². The van der Waals surface area contributed by atoms with Crippen LogP contribution in [0.4, 0.5) is 0 Å². The number of carboxylic acid groups (broad SMARTS) is 1. The van der Waals surface area contributed by atoms with Gasteiger partial charge in [0.1, 0.15) is 6.10 Å². The molecule has 0 saturated heterocycles. The molecule has 0 heterocycles. The molecular formula is C21H38O6. The Morgan fingerprint density at radius 2 is 1.81 bits per heavy atom. The van der Waals surface area contributed by atoms with Crippen LogP contribution in [0.5, 0.6) is 0 Å². The van der Waals surface area contributed by atoms with E-state index in [2.05, 4.69) is 18.7 Å². The van der Waals surface area contributed by atoms with Crippen molar-refractivity contribution in [3.05, 3.63) is 12.2 Å². The fraction of sp³-hybridized carbons (Fsp3) is 0.857. The summed E-state index contributed by atoms with van der Waals surface area (Å²) < 4.78 is 0. The second-order valence-electron chi connectivity index (χ2n) is 7.88. The van der Waals surface area contributed by atoms with E-state index in [-0.39, 0.29) is 24.2 Å². The number of rotatable bonds is 14. The molecule has 1 saturated carbocycles. The van der Waals surface area contributed by atoms with E-state index in [1.54, 1.807) is 6.08 Å². The molecule has 1 rings (SSSR count). The molecule has 0 aromatic rings. The summed E-state index contributed by atoms with van der Waals surface area (Å²) in [6.45, 7) is 4.19. The van der Waals surface area contributed by atoms with Crippen molar-refractivity contribution in [3.8, 4) is 0 Å². The van der Waals surface area contributed by atoms with Crippen LogP contribution in [0, 0.1) is 17.8 Å². The molecular weight excluding hydrogens is 348 g/mol. The highest BCUT2D eigenvalue weighted by molar-refractivity contribution is 5.66. The van der Waals surface area contributed by atoms with Gasteiger partial charge in [0.15, 0.2) is 0 Å². The Balaban J connectivity index is 2.80. The Bertz CT molecular complexity index is 438. The minimum Gasteiger partial charge on any atom is -0.481 e. The highest BCUT2D eigenvalue weighted by Gasteiger charge is 2.43. The molecule has 6 atom stereocenters. The molecule has 0 spiro atoms. The average molecular weight is 387 g/mol. The first-order chi connectivity index (χ1) is 12.9. The topological polar surface area (TPSA) is 107 Å². The van der Waals surface area contributed by atoms with Gasteiger partial charge < -0.3 is 15.3 Å². The first kappa shape index (κ1) is 24.1. The predicted octanol–water partition coefficient (Wildman–Crippen LogP) is 4.01. The molecule has 0 radical (unpaired) electrons. The van der Waals surface area contributed by atoms with E-state index in [9.17, 15) is 15.0 Å². The molecule has 0 bridgehead atoms. The van der Waals surface area contributed by atoms with E-state index < -0.39 is 24.3 Å². The molecule has 2 unspecified atom stereocenters. The fourth-order valence-electron chi connectivity index (χ4n) is 4.41. The van der Waals surface area contributed by atoms with Crippen LogP contribution in [0.25, 0.3) is 0 Å². The van der Waals surface area contributed by atoms with E-state index in [0.717, 1.165) is 38.5 Å². The number of hydrogen-bond acceptors (Lipinski definition) is 5. The molecule has 1 fully saturated rings. The van der Waals surface area contributed by atoms with E-state index in [1.807, 2.05) is 6.08 Å². The molecule has 27 heavy (non-hydrogen) atoms. The highest BCUT2D eigenvalue weighted by atomic mass is 17.1. The minimum absolute atomic E-state index is 0.0972. The van der Waals surface area contributed by atoms with Crippen molar-refractivity contribution in [3.63, 3.8) is 0 Å². The summed E-state index contributed by atoms with van der Waals surface area (Å²) in [6, 6.07) is 0. The van der Waals surface area contributed by atoms with Crippen molar-refractivity contribution < 1.29 is 30.3 Å². The molecule has 0 amide bonds. The highest BCUT2D eigenvalue weighted by Crippen LogP contribution is 2.42. The fourth-order valence-corrected chi connectivity index (χ4v) is 4.41. The van der Waals surface area contributed by atoms with E-state index in [4.69, 9.17) is 10.4 Å². The van der Waals surface area contributed by atoms with E-state index in [0.29, 0.717) is 19.3 Å². The lowest BCUT2D eigenvalue weighted by atomic mass is 9.77. The van der Waals surface area contributed by atoms with Crippen molar-refractivity contribution >= 4 is 5.97 Å². The van der Waals surface area contributed by atoms with Crippen LogP contribution >= 0.6 is 0 Å². The summed E-state index contributed by atoms with van der Waals surface area (Å²) in [5.74, 6) is -0.932. The number of hydrogen-bond donors (Lipinski definition) is 4. The van der Waals surface area contributed by atoms with Gasteiger partial charge in [0.25, 0.3) is 0 Å². The lowest BCUT2D eigenvalue weighted by molar-refractivity contribution is -0.267. The third kappa shape index (κ3) is 8.30. The summed E-state index contributed by atoms with van der Waals surface area (Å²) in [5.41, 5.74) is 0. The second-order valence-corrected chi connectivity index (χ2v) is 7.88. The average Bonchev–Trinajstić information content (AvgIpc) is 2.90. The van der Waals surface area contributed by atoms with Crippen molar-refractivity contribution in [2.24, 2.45) is 17.8 Å². The zero-order valence-electron chi connectivity index (χ0n) is 16.8. The number of carbonyl (C=O) groups is 1. The van der Waals surface area contributed by atoms with Crippen molar-refractivity contribution in [2.45, 2.75) is 96.4 Å². The molecule has 158 valence electrons. The monoisotopic (exact) mass is 386 g/mol. The Labute approximate surface area is 163 Å². The largest absolute Gasteiger partial charge is 0.481 e. The number of aliphatic hydroxyl groups is 2.